The molecule has 1 aliphatic rings. The molecule has 0 saturated carbocycles. The third kappa shape index (κ3) is 6.33. The summed E-state index contributed by atoms with van der Waals surface area (Å²) in [5, 5.41) is 5.89. The highest BCUT2D eigenvalue weighted by Gasteiger charge is 2.23. The van der Waals surface area contributed by atoms with Gasteiger partial charge in [0.15, 0.2) is 10.3 Å². The van der Waals surface area contributed by atoms with Crippen LogP contribution >= 0.6 is 57.6 Å². The number of carbonyl (C=O) groups is 1. The molecule has 3 aromatic heterocycles. The second-order valence-corrected chi connectivity index (χ2v) is 14.6. The van der Waals surface area contributed by atoms with Crippen LogP contribution in [0.4, 0.5) is 5.13 Å². The van der Waals surface area contributed by atoms with Crippen LogP contribution in [0.2, 0.25) is 10.0 Å². The highest BCUT2D eigenvalue weighted by Crippen LogP contribution is 2.36. The van der Waals surface area contributed by atoms with Crippen LogP contribution in [-0.2, 0) is 25.0 Å². The number of hydrogen-bond acceptors (Lipinski definition) is 7. The predicted octanol–water partition coefficient (Wildman–Crippen LogP) is 9.22. The zero-order valence-corrected chi connectivity index (χ0v) is 27.8. The first-order chi connectivity index (χ1) is 21.9. The van der Waals surface area contributed by atoms with Gasteiger partial charge in [-0.25, -0.2) is 9.97 Å². The Hall–Kier alpha value is -3.47. The minimum Gasteiger partial charge on any atom is -0.298 e. The number of nitrogens with zero attached hydrogens (tertiary/aromatic N) is 3. The van der Waals surface area contributed by atoms with E-state index in [4.69, 9.17) is 28.2 Å². The maximum atomic E-state index is 13.9. The van der Waals surface area contributed by atoms with Crippen molar-refractivity contribution in [1.29, 1.82) is 0 Å². The van der Waals surface area contributed by atoms with E-state index in [1.54, 1.807) is 40.3 Å². The molecule has 0 radical (unpaired) electrons. The second-order valence-electron chi connectivity index (χ2n) is 10.7. The fourth-order valence-electron chi connectivity index (χ4n) is 5.48. The van der Waals surface area contributed by atoms with Crippen LogP contribution in [0.25, 0.3) is 15.9 Å². The van der Waals surface area contributed by atoms with Crippen LogP contribution in [0, 0.1) is 0 Å². The Balaban J connectivity index is 1.06. The molecule has 1 aliphatic carbocycles. The number of fused-ring (bicyclic) bond motifs is 3. The lowest BCUT2D eigenvalue weighted by atomic mass is 9.97. The van der Waals surface area contributed by atoms with Crippen molar-refractivity contribution in [3.05, 3.63) is 131 Å². The number of thioether (sulfide) groups is 1. The van der Waals surface area contributed by atoms with E-state index in [0.717, 1.165) is 57.6 Å². The predicted molar refractivity (Wildman–Crippen MR) is 187 cm³/mol. The maximum Gasteiger partial charge on any atom is 0.267 e. The van der Waals surface area contributed by atoms with Crippen molar-refractivity contribution in [3.63, 3.8) is 0 Å². The second kappa shape index (κ2) is 13.1. The third-order valence-corrected chi connectivity index (χ3v) is 11.7. The van der Waals surface area contributed by atoms with E-state index in [9.17, 15) is 9.59 Å². The summed E-state index contributed by atoms with van der Waals surface area (Å²) in [6.45, 7) is 0. The zero-order chi connectivity index (χ0) is 30.9. The van der Waals surface area contributed by atoms with Crippen molar-refractivity contribution in [2.75, 3.05) is 5.32 Å². The Morgan fingerprint density at radius 1 is 0.956 bits per heavy atom. The van der Waals surface area contributed by atoms with Gasteiger partial charge in [-0.05, 0) is 72.7 Å². The van der Waals surface area contributed by atoms with Crippen molar-refractivity contribution >= 4 is 78.9 Å². The standard InChI is InChI=1S/C34H26Cl2N4O2S3/c35-26-11-6-7-22(29(26)36)17-24-18-37-33(44-24)38-30(41)21-15-13-20(14-16-21)19-43-34-39-31-28(25-10-4-5-12-27(25)45-31)32(42)40(34)23-8-2-1-3-9-23/h1-3,6-9,11,13-16,18H,4-5,10,12,17,19H2,(H,37,38,41). The van der Waals surface area contributed by atoms with Crippen molar-refractivity contribution in [1.82, 2.24) is 14.5 Å². The molecule has 45 heavy (non-hydrogen) atoms. The molecule has 0 spiro atoms. The van der Waals surface area contributed by atoms with E-state index in [1.807, 2.05) is 54.6 Å². The van der Waals surface area contributed by atoms with Gasteiger partial charge in [-0.1, -0.05) is 77.4 Å². The number of anilines is 1. The summed E-state index contributed by atoms with van der Waals surface area (Å²) in [4.78, 5) is 39.4. The monoisotopic (exact) mass is 688 g/mol. The highest BCUT2D eigenvalue weighted by molar-refractivity contribution is 7.98. The number of aryl methyl sites for hydroxylation is 2. The van der Waals surface area contributed by atoms with Crippen molar-refractivity contribution in [2.45, 2.75) is 43.0 Å². The van der Waals surface area contributed by atoms with Crippen LogP contribution in [0.15, 0.2) is 88.9 Å². The van der Waals surface area contributed by atoms with Gasteiger partial charge in [0.2, 0.25) is 0 Å². The summed E-state index contributed by atoms with van der Waals surface area (Å²) in [7, 11) is 0. The lowest BCUT2D eigenvalue weighted by Gasteiger charge is -2.13. The van der Waals surface area contributed by atoms with Gasteiger partial charge in [-0.2, -0.15) is 0 Å². The fourth-order valence-corrected chi connectivity index (χ4v) is 8.97. The number of thiophene rings is 1. The Morgan fingerprint density at radius 3 is 2.58 bits per heavy atom. The summed E-state index contributed by atoms with van der Waals surface area (Å²) in [5.74, 6) is 0.363. The number of aromatic nitrogens is 3. The van der Waals surface area contributed by atoms with Gasteiger partial charge in [-0.3, -0.25) is 19.5 Å². The molecule has 7 rings (SSSR count). The van der Waals surface area contributed by atoms with Gasteiger partial charge >= 0.3 is 0 Å². The minimum absolute atomic E-state index is 0.00104. The van der Waals surface area contributed by atoms with E-state index in [0.29, 0.717) is 38.1 Å². The Bertz CT molecular complexity index is 2090. The number of nitrogens with one attached hydrogen (secondary N) is 1. The Labute approximate surface area is 282 Å². The first kappa shape index (κ1) is 30.2. The molecule has 0 fully saturated rings. The molecular formula is C34H26Cl2N4O2S3. The van der Waals surface area contributed by atoms with E-state index in [-0.39, 0.29) is 11.5 Å². The van der Waals surface area contributed by atoms with E-state index in [2.05, 4.69) is 10.3 Å². The van der Waals surface area contributed by atoms with Crippen molar-refractivity contribution in [2.24, 2.45) is 0 Å². The van der Waals surface area contributed by atoms with Gasteiger partial charge in [0.1, 0.15) is 4.83 Å². The van der Waals surface area contributed by atoms with Crippen molar-refractivity contribution in [3.8, 4) is 5.69 Å². The number of para-hydroxylation sites is 1. The normalized spacial score (nSPS) is 12.8. The molecule has 1 amide bonds. The van der Waals surface area contributed by atoms with E-state index >= 15 is 0 Å². The topological polar surface area (TPSA) is 76.9 Å². The average Bonchev–Trinajstić information content (AvgIpc) is 3.66. The lowest BCUT2D eigenvalue weighted by Crippen LogP contribution is -2.22. The molecule has 0 saturated heterocycles. The molecule has 226 valence electrons. The smallest absolute Gasteiger partial charge is 0.267 e. The number of benzene rings is 3. The minimum atomic E-state index is -0.234. The molecule has 6 nitrogen and oxygen atoms in total. The fraction of sp³-hybridized carbons (Fsp3) is 0.176. The van der Waals surface area contributed by atoms with Gasteiger partial charge < -0.3 is 0 Å². The lowest BCUT2D eigenvalue weighted by molar-refractivity contribution is 0.102. The first-order valence-electron chi connectivity index (χ1n) is 14.5. The molecule has 0 bridgehead atoms. The van der Waals surface area contributed by atoms with Gasteiger partial charge in [0.05, 0.1) is 21.1 Å². The van der Waals surface area contributed by atoms with Crippen LogP contribution in [0.1, 0.15) is 49.6 Å². The summed E-state index contributed by atoms with van der Waals surface area (Å²) < 4.78 is 1.75. The number of rotatable bonds is 8. The number of thiazole rings is 1. The molecular weight excluding hydrogens is 664 g/mol. The highest BCUT2D eigenvalue weighted by atomic mass is 35.5. The summed E-state index contributed by atoms with van der Waals surface area (Å²) >= 11 is 17.1. The van der Waals surface area contributed by atoms with Crippen LogP contribution in [0.5, 0.6) is 0 Å². The molecule has 1 N–H and O–H groups in total. The Morgan fingerprint density at radius 2 is 1.76 bits per heavy atom. The van der Waals surface area contributed by atoms with Crippen LogP contribution in [0.3, 0.4) is 0 Å². The molecule has 3 aromatic carbocycles. The maximum absolute atomic E-state index is 13.9. The number of amides is 1. The van der Waals surface area contributed by atoms with E-state index in [1.165, 1.54) is 33.5 Å². The SMILES string of the molecule is O=C(Nc1ncc(Cc2cccc(Cl)c2Cl)s1)c1ccc(CSc2nc3sc4c(c3c(=O)n2-c2ccccc2)CCCC4)cc1. The third-order valence-electron chi connectivity index (χ3n) is 7.73. The number of halogens is 2. The zero-order valence-electron chi connectivity index (χ0n) is 23.9. The quantitative estimate of drug-likeness (QED) is 0.127. The molecule has 0 aliphatic heterocycles. The molecule has 11 heteroatoms. The summed E-state index contributed by atoms with van der Waals surface area (Å²) in [5.41, 5.74) is 4.45. The van der Waals surface area contributed by atoms with Crippen molar-refractivity contribution < 1.29 is 4.79 Å². The van der Waals surface area contributed by atoms with E-state index < -0.39 is 0 Å². The molecule has 0 unspecified atom stereocenters. The summed E-state index contributed by atoms with van der Waals surface area (Å²) in [6, 6.07) is 22.7. The largest absolute Gasteiger partial charge is 0.298 e. The number of carbonyl (C=O) groups excluding carboxylic acids is 1. The average molecular weight is 690 g/mol. The van der Waals surface area contributed by atoms with Gasteiger partial charge in [-0.15, -0.1) is 22.7 Å². The first-order valence-corrected chi connectivity index (χ1v) is 17.9. The van der Waals surface area contributed by atoms with Gasteiger partial charge in [0, 0.05) is 33.7 Å². The molecule has 0 atom stereocenters. The Kier molecular flexibility index (Phi) is 8.79. The van der Waals surface area contributed by atoms with Crippen LogP contribution < -0.4 is 10.9 Å². The van der Waals surface area contributed by atoms with Gasteiger partial charge in [0.25, 0.3) is 11.5 Å². The molecule has 3 heterocycles. The summed E-state index contributed by atoms with van der Waals surface area (Å²) in [6.07, 6.45) is 6.54. The van der Waals surface area contributed by atoms with Crippen LogP contribution in [-0.4, -0.2) is 20.4 Å². The molecule has 6 aromatic rings. The number of hydrogen-bond donors (Lipinski definition) is 1.